The Balaban J connectivity index is 2.93. The first-order valence-corrected chi connectivity index (χ1v) is 4.54. The van der Waals surface area contributed by atoms with Gasteiger partial charge < -0.3 is 14.3 Å². The molecule has 76 valence electrons. The van der Waals surface area contributed by atoms with E-state index in [-0.39, 0.29) is 0 Å². The third kappa shape index (κ3) is 2.76. The second-order valence-electron chi connectivity index (χ2n) is 2.82. The van der Waals surface area contributed by atoms with E-state index < -0.39 is 0 Å². The highest BCUT2D eigenvalue weighted by Crippen LogP contribution is 2.22. The molecule has 0 saturated heterocycles. The van der Waals surface area contributed by atoms with Gasteiger partial charge in [-0.1, -0.05) is 0 Å². The van der Waals surface area contributed by atoms with E-state index >= 15 is 0 Å². The fraction of sp³-hybridized carbons (Fsp3) is 0.364. The molecule has 0 aliphatic rings. The number of methoxy groups -OCH3 is 1. The number of carbonyl (C=O) groups is 1. The zero-order valence-electron chi connectivity index (χ0n) is 8.45. The number of rotatable bonds is 5. The number of ether oxygens (including phenoxy) is 2. The fourth-order valence-electron chi connectivity index (χ4n) is 1.21. The zero-order valence-corrected chi connectivity index (χ0v) is 8.45. The average Bonchev–Trinajstić information content (AvgIpc) is 2.18. The summed E-state index contributed by atoms with van der Waals surface area (Å²) in [5.74, 6) is 1.46. The van der Waals surface area contributed by atoms with Crippen LogP contribution in [0, 0.1) is 0 Å². The highest BCUT2D eigenvalue weighted by atomic mass is 16.5. The Morgan fingerprint density at radius 3 is 2.57 bits per heavy atom. The summed E-state index contributed by atoms with van der Waals surface area (Å²) in [6.45, 7) is 2.52. The highest BCUT2D eigenvalue weighted by Gasteiger charge is 2.01. The number of aldehydes is 1. The van der Waals surface area contributed by atoms with Crippen molar-refractivity contribution in [2.45, 2.75) is 13.3 Å². The largest absolute Gasteiger partial charge is 0.497 e. The third-order valence-electron chi connectivity index (χ3n) is 1.81. The van der Waals surface area contributed by atoms with E-state index in [9.17, 15) is 4.79 Å². The Hall–Kier alpha value is -1.51. The van der Waals surface area contributed by atoms with Crippen molar-refractivity contribution in [3.05, 3.63) is 23.8 Å². The topological polar surface area (TPSA) is 35.5 Å². The number of benzene rings is 1. The molecule has 0 aliphatic carbocycles. The molecule has 1 rings (SSSR count). The van der Waals surface area contributed by atoms with Crippen LogP contribution in [0.5, 0.6) is 11.5 Å². The first-order chi connectivity index (χ1) is 6.80. The predicted octanol–water partition coefficient (Wildman–Crippen LogP) is 1.84. The fourth-order valence-corrected chi connectivity index (χ4v) is 1.21. The smallest absolute Gasteiger partial charge is 0.124 e. The monoisotopic (exact) mass is 194 g/mol. The Kier molecular flexibility index (Phi) is 3.98. The van der Waals surface area contributed by atoms with E-state index in [0.717, 1.165) is 17.6 Å². The molecule has 0 saturated carbocycles. The third-order valence-corrected chi connectivity index (χ3v) is 1.81. The van der Waals surface area contributed by atoms with Crippen LogP contribution in [0.1, 0.15) is 12.5 Å². The van der Waals surface area contributed by atoms with Gasteiger partial charge in [-0.3, -0.25) is 0 Å². The zero-order chi connectivity index (χ0) is 10.4. The summed E-state index contributed by atoms with van der Waals surface area (Å²) in [6.07, 6.45) is 1.25. The molecule has 0 spiro atoms. The lowest BCUT2D eigenvalue weighted by atomic mass is 10.1. The molecule has 0 aromatic heterocycles. The molecule has 0 bridgehead atoms. The minimum atomic E-state index is 0.386. The van der Waals surface area contributed by atoms with Gasteiger partial charge in [-0.25, -0.2) is 0 Å². The second-order valence-corrected chi connectivity index (χ2v) is 2.82. The van der Waals surface area contributed by atoms with E-state index in [0.29, 0.717) is 18.8 Å². The molecule has 0 fully saturated rings. The lowest BCUT2D eigenvalue weighted by molar-refractivity contribution is -0.107. The Morgan fingerprint density at radius 1 is 1.29 bits per heavy atom. The molecule has 0 amide bonds. The van der Waals surface area contributed by atoms with Gasteiger partial charge in [0.25, 0.3) is 0 Å². The molecule has 0 radical (unpaired) electrons. The summed E-state index contributed by atoms with van der Waals surface area (Å²) < 4.78 is 10.4. The molecule has 14 heavy (non-hydrogen) atoms. The van der Waals surface area contributed by atoms with E-state index in [1.165, 1.54) is 0 Å². The van der Waals surface area contributed by atoms with Crippen molar-refractivity contribution in [1.29, 1.82) is 0 Å². The van der Waals surface area contributed by atoms with Gasteiger partial charge in [-0.15, -0.1) is 0 Å². The predicted molar refractivity (Wildman–Crippen MR) is 53.9 cm³/mol. The molecule has 0 aliphatic heterocycles. The maximum atomic E-state index is 10.4. The van der Waals surface area contributed by atoms with Crippen LogP contribution in [0.25, 0.3) is 0 Å². The van der Waals surface area contributed by atoms with Crippen molar-refractivity contribution in [3.63, 3.8) is 0 Å². The average molecular weight is 194 g/mol. The molecule has 3 nitrogen and oxygen atoms in total. The summed E-state index contributed by atoms with van der Waals surface area (Å²) in [5.41, 5.74) is 0.905. The normalized spacial score (nSPS) is 9.57. The summed E-state index contributed by atoms with van der Waals surface area (Å²) in [7, 11) is 1.59. The molecule has 0 N–H and O–H groups in total. The van der Waals surface area contributed by atoms with E-state index in [1.807, 2.05) is 19.1 Å². The highest BCUT2D eigenvalue weighted by molar-refractivity contribution is 5.56. The van der Waals surface area contributed by atoms with Gasteiger partial charge >= 0.3 is 0 Å². The molecule has 1 aromatic carbocycles. The SMILES string of the molecule is CCOc1cc(CC=O)cc(OC)c1. The summed E-state index contributed by atoms with van der Waals surface area (Å²) >= 11 is 0. The van der Waals surface area contributed by atoms with Crippen LogP contribution in [0.3, 0.4) is 0 Å². The number of hydrogen-bond donors (Lipinski definition) is 0. The minimum absolute atomic E-state index is 0.386. The van der Waals surface area contributed by atoms with Gasteiger partial charge in [0.15, 0.2) is 0 Å². The van der Waals surface area contributed by atoms with Crippen LogP contribution in [0.4, 0.5) is 0 Å². The van der Waals surface area contributed by atoms with E-state index in [1.54, 1.807) is 13.2 Å². The first-order valence-electron chi connectivity index (χ1n) is 4.54. The molecule has 0 atom stereocenters. The lowest BCUT2D eigenvalue weighted by Crippen LogP contribution is -1.95. The van der Waals surface area contributed by atoms with Crippen molar-refractivity contribution in [2.24, 2.45) is 0 Å². The second kappa shape index (κ2) is 5.27. The molecule has 0 heterocycles. The van der Waals surface area contributed by atoms with Crippen molar-refractivity contribution in [1.82, 2.24) is 0 Å². The van der Waals surface area contributed by atoms with Crippen LogP contribution in [-0.2, 0) is 11.2 Å². The van der Waals surface area contributed by atoms with E-state index in [4.69, 9.17) is 9.47 Å². The maximum Gasteiger partial charge on any atom is 0.124 e. The van der Waals surface area contributed by atoms with Crippen LogP contribution >= 0.6 is 0 Å². The standard InChI is InChI=1S/C11H14O3/c1-3-14-11-7-9(4-5-12)6-10(8-11)13-2/h5-8H,3-4H2,1-2H3. The van der Waals surface area contributed by atoms with Gasteiger partial charge in [-0.2, -0.15) is 0 Å². The Bertz CT molecular complexity index is 307. The Labute approximate surface area is 83.6 Å². The Morgan fingerprint density at radius 2 is 2.00 bits per heavy atom. The van der Waals surface area contributed by atoms with Crippen LogP contribution in [0.15, 0.2) is 18.2 Å². The van der Waals surface area contributed by atoms with Crippen molar-refractivity contribution < 1.29 is 14.3 Å². The van der Waals surface area contributed by atoms with Crippen molar-refractivity contribution >= 4 is 6.29 Å². The number of carbonyl (C=O) groups excluding carboxylic acids is 1. The first kappa shape index (κ1) is 10.6. The van der Waals surface area contributed by atoms with Crippen LogP contribution < -0.4 is 9.47 Å². The van der Waals surface area contributed by atoms with Gasteiger partial charge in [0.05, 0.1) is 13.7 Å². The van der Waals surface area contributed by atoms with Gasteiger partial charge in [-0.05, 0) is 24.6 Å². The minimum Gasteiger partial charge on any atom is -0.497 e. The quantitative estimate of drug-likeness (QED) is 0.671. The lowest BCUT2D eigenvalue weighted by Gasteiger charge is -2.07. The van der Waals surface area contributed by atoms with Crippen molar-refractivity contribution in [2.75, 3.05) is 13.7 Å². The summed E-state index contributed by atoms with van der Waals surface area (Å²) in [5, 5.41) is 0. The van der Waals surface area contributed by atoms with Gasteiger partial charge in [0.1, 0.15) is 17.8 Å². The molecular weight excluding hydrogens is 180 g/mol. The number of hydrogen-bond acceptors (Lipinski definition) is 3. The summed E-state index contributed by atoms with van der Waals surface area (Å²) in [4.78, 5) is 10.4. The maximum absolute atomic E-state index is 10.4. The molecular formula is C11H14O3. The van der Waals surface area contributed by atoms with Crippen LogP contribution in [-0.4, -0.2) is 20.0 Å². The molecule has 3 heteroatoms. The summed E-state index contributed by atoms with van der Waals surface area (Å²) in [6, 6.07) is 5.48. The molecule has 1 aromatic rings. The molecule has 0 unspecified atom stereocenters. The van der Waals surface area contributed by atoms with E-state index in [2.05, 4.69) is 0 Å². The van der Waals surface area contributed by atoms with Crippen LogP contribution in [0.2, 0.25) is 0 Å². The van der Waals surface area contributed by atoms with Gasteiger partial charge in [0, 0.05) is 12.5 Å². The van der Waals surface area contributed by atoms with Crippen molar-refractivity contribution in [3.8, 4) is 11.5 Å². The van der Waals surface area contributed by atoms with Gasteiger partial charge in [0.2, 0.25) is 0 Å².